The van der Waals surface area contributed by atoms with E-state index < -0.39 is 5.97 Å². The van der Waals surface area contributed by atoms with Gasteiger partial charge in [0.05, 0.1) is 12.7 Å². The topological polar surface area (TPSA) is 58.6 Å². The molecule has 0 bridgehead atoms. The first-order valence-electron chi connectivity index (χ1n) is 6.10. The van der Waals surface area contributed by atoms with Crippen LogP contribution in [-0.2, 0) is 4.79 Å². The molecule has 0 saturated carbocycles. The van der Waals surface area contributed by atoms with Gasteiger partial charge in [-0.3, -0.25) is 0 Å². The average Bonchev–Trinajstić information content (AvgIpc) is 2.48. The molecule has 2 aromatic rings. The molecule has 0 aliphatic carbocycles. The number of hydrogen-bond donors (Lipinski definition) is 2. The lowest BCUT2D eigenvalue weighted by atomic mass is 10.1. The molecule has 0 unspecified atom stereocenters. The number of carbonyl (C=O) groups is 1. The maximum absolute atomic E-state index is 11.3. The smallest absolute Gasteiger partial charge is 0.337 e. The summed E-state index contributed by atoms with van der Waals surface area (Å²) in [4.78, 5) is 11.3. The van der Waals surface area contributed by atoms with E-state index in [1.807, 2.05) is 24.3 Å². The summed E-state index contributed by atoms with van der Waals surface area (Å²) >= 11 is 0. The molecule has 20 heavy (non-hydrogen) atoms. The van der Waals surface area contributed by atoms with Crippen LogP contribution < -0.4 is 10.1 Å². The van der Waals surface area contributed by atoms with E-state index in [1.165, 1.54) is 6.20 Å². The first-order chi connectivity index (χ1) is 9.70. The Labute approximate surface area is 117 Å². The molecule has 0 aliphatic heterocycles. The minimum absolute atomic E-state index is 0.202. The van der Waals surface area contributed by atoms with Crippen molar-refractivity contribution in [1.82, 2.24) is 0 Å². The van der Waals surface area contributed by atoms with Gasteiger partial charge < -0.3 is 15.2 Å². The van der Waals surface area contributed by atoms with Gasteiger partial charge in [0.15, 0.2) is 0 Å². The van der Waals surface area contributed by atoms with Crippen LogP contribution in [0.2, 0.25) is 0 Å². The molecule has 2 aromatic carbocycles. The second kappa shape index (κ2) is 6.43. The fraction of sp³-hybridized carbons (Fsp3) is 0.0625. The lowest BCUT2D eigenvalue weighted by Crippen LogP contribution is -2.02. The molecular weight excluding hydrogens is 254 g/mol. The Hall–Kier alpha value is -2.75. The molecule has 2 rings (SSSR count). The molecule has 0 radical (unpaired) electrons. The number of ether oxygens (including phenoxy) is 1. The predicted molar refractivity (Wildman–Crippen MR) is 78.7 cm³/mol. The molecule has 4 heteroatoms. The maximum Gasteiger partial charge on any atom is 0.337 e. The van der Waals surface area contributed by atoms with Crippen LogP contribution in [-0.4, -0.2) is 18.2 Å². The summed E-state index contributed by atoms with van der Waals surface area (Å²) in [6, 6.07) is 16.3. The minimum Gasteiger partial charge on any atom is -0.497 e. The largest absolute Gasteiger partial charge is 0.497 e. The standard InChI is InChI=1S/C16H15NO3/c1-20-14-9-5-8-13(10-14)17-11-15(16(18)19)12-6-3-2-4-7-12/h2-11,17H,1H3,(H,18,19). The zero-order valence-electron chi connectivity index (χ0n) is 11.0. The van der Waals surface area contributed by atoms with Crippen LogP contribution in [0.15, 0.2) is 60.8 Å². The van der Waals surface area contributed by atoms with Crippen LogP contribution in [0.3, 0.4) is 0 Å². The van der Waals surface area contributed by atoms with Gasteiger partial charge in [-0.05, 0) is 17.7 Å². The van der Waals surface area contributed by atoms with E-state index in [0.717, 1.165) is 5.69 Å². The van der Waals surface area contributed by atoms with Crippen LogP contribution in [0.1, 0.15) is 5.56 Å². The molecule has 4 nitrogen and oxygen atoms in total. The van der Waals surface area contributed by atoms with Gasteiger partial charge >= 0.3 is 5.97 Å². The predicted octanol–water partition coefficient (Wildman–Crippen LogP) is 3.23. The Morgan fingerprint density at radius 1 is 1.15 bits per heavy atom. The van der Waals surface area contributed by atoms with Crippen molar-refractivity contribution >= 4 is 17.2 Å². The van der Waals surface area contributed by atoms with Crippen molar-refractivity contribution in [3.63, 3.8) is 0 Å². The third kappa shape index (κ3) is 3.38. The lowest BCUT2D eigenvalue weighted by Gasteiger charge is -2.06. The summed E-state index contributed by atoms with van der Waals surface area (Å²) in [6.07, 6.45) is 1.48. The van der Waals surface area contributed by atoms with Crippen molar-refractivity contribution in [3.8, 4) is 5.75 Å². The highest BCUT2D eigenvalue weighted by atomic mass is 16.5. The monoisotopic (exact) mass is 269 g/mol. The van der Waals surface area contributed by atoms with E-state index in [9.17, 15) is 9.90 Å². The van der Waals surface area contributed by atoms with Gasteiger partial charge in [-0.1, -0.05) is 36.4 Å². The maximum atomic E-state index is 11.3. The molecular formula is C16H15NO3. The van der Waals surface area contributed by atoms with Gasteiger partial charge in [-0.2, -0.15) is 0 Å². The summed E-state index contributed by atoms with van der Waals surface area (Å²) in [6.45, 7) is 0. The first-order valence-corrected chi connectivity index (χ1v) is 6.10. The van der Waals surface area contributed by atoms with Gasteiger partial charge in [-0.15, -0.1) is 0 Å². The Bertz CT molecular complexity index is 621. The van der Waals surface area contributed by atoms with Gasteiger partial charge in [0.2, 0.25) is 0 Å². The van der Waals surface area contributed by atoms with E-state index in [4.69, 9.17) is 4.74 Å². The molecule has 0 heterocycles. The van der Waals surface area contributed by atoms with E-state index >= 15 is 0 Å². The van der Waals surface area contributed by atoms with Crippen molar-refractivity contribution in [2.24, 2.45) is 0 Å². The Balaban J connectivity index is 2.24. The molecule has 0 spiro atoms. The Kier molecular flexibility index (Phi) is 4.39. The van der Waals surface area contributed by atoms with Gasteiger partial charge in [-0.25, -0.2) is 4.79 Å². The molecule has 0 saturated heterocycles. The summed E-state index contributed by atoms with van der Waals surface area (Å²) < 4.78 is 5.12. The highest BCUT2D eigenvalue weighted by molar-refractivity contribution is 6.15. The van der Waals surface area contributed by atoms with Crippen molar-refractivity contribution in [2.45, 2.75) is 0 Å². The number of rotatable bonds is 5. The number of nitrogens with one attached hydrogen (secondary N) is 1. The summed E-state index contributed by atoms with van der Waals surface area (Å²) in [5, 5.41) is 12.2. The fourth-order valence-electron chi connectivity index (χ4n) is 1.75. The number of benzene rings is 2. The zero-order chi connectivity index (χ0) is 14.4. The van der Waals surface area contributed by atoms with Crippen LogP contribution in [0.4, 0.5) is 5.69 Å². The number of aliphatic carboxylic acids is 1. The summed E-state index contributed by atoms with van der Waals surface area (Å²) in [7, 11) is 1.58. The average molecular weight is 269 g/mol. The zero-order valence-corrected chi connectivity index (χ0v) is 11.0. The van der Waals surface area contributed by atoms with Gasteiger partial charge in [0, 0.05) is 18.0 Å². The fourth-order valence-corrected chi connectivity index (χ4v) is 1.75. The van der Waals surface area contributed by atoms with Gasteiger partial charge in [0.25, 0.3) is 0 Å². The Morgan fingerprint density at radius 2 is 1.90 bits per heavy atom. The number of carboxylic acid groups (broad SMARTS) is 1. The number of anilines is 1. The number of methoxy groups -OCH3 is 1. The van der Waals surface area contributed by atoms with Crippen molar-refractivity contribution in [2.75, 3.05) is 12.4 Å². The summed E-state index contributed by atoms with van der Waals surface area (Å²) in [5.74, 6) is -0.272. The quantitative estimate of drug-likeness (QED) is 0.818. The van der Waals surface area contributed by atoms with Crippen LogP contribution in [0.25, 0.3) is 5.57 Å². The van der Waals surface area contributed by atoms with E-state index in [1.54, 1.807) is 37.4 Å². The molecule has 0 amide bonds. The Morgan fingerprint density at radius 3 is 2.55 bits per heavy atom. The third-order valence-corrected chi connectivity index (χ3v) is 2.77. The van der Waals surface area contributed by atoms with Crippen molar-refractivity contribution in [3.05, 3.63) is 66.4 Å². The minimum atomic E-state index is -0.980. The van der Waals surface area contributed by atoms with Gasteiger partial charge in [0.1, 0.15) is 5.75 Å². The second-order valence-corrected chi connectivity index (χ2v) is 4.11. The van der Waals surface area contributed by atoms with E-state index in [0.29, 0.717) is 11.3 Å². The highest BCUT2D eigenvalue weighted by Gasteiger charge is 2.09. The molecule has 0 atom stereocenters. The number of hydrogen-bond acceptors (Lipinski definition) is 3. The normalized spacial score (nSPS) is 10.9. The van der Waals surface area contributed by atoms with Crippen LogP contribution in [0.5, 0.6) is 5.75 Å². The van der Waals surface area contributed by atoms with Crippen molar-refractivity contribution < 1.29 is 14.6 Å². The molecule has 0 aliphatic rings. The molecule has 0 aromatic heterocycles. The highest BCUT2D eigenvalue weighted by Crippen LogP contribution is 2.19. The molecule has 0 fully saturated rings. The number of carboxylic acids is 1. The van der Waals surface area contributed by atoms with Crippen molar-refractivity contribution in [1.29, 1.82) is 0 Å². The summed E-state index contributed by atoms with van der Waals surface area (Å²) in [5.41, 5.74) is 1.61. The molecule has 2 N–H and O–H groups in total. The first kappa shape index (κ1) is 13.7. The second-order valence-electron chi connectivity index (χ2n) is 4.11. The van der Waals surface area contributed by atoms with E-state index in [-0.39, 0.29) is 5.57 Å². The molecule has 102 valence electrons. The SMILES string of the molecule is COc1cccc(NC=C(C(=O)O)c2ccccc2)c1. The lowest BCUT2D eigenvalue weighted by molar-refractivity contribution is -0.130. The van der Waals surface area contributed by atoms with Crippen LogP contribution in [0, 0.1) is 0 Å². The third-order valence-electron chi connectivity index (χ3n) is 2.77. The van der Waals surface area contributed by atoms with Crippen LogP contribution >= 0.6 is 0 Å². The van der Waals surface area contributed by atoms with E-state index in [2.05, 4.69) is 5.32 Å².